The van der Waals surface area contributed by atoms with E-state index in [1.807, 2.05) is 37.4 Å². The zero-order valence-electron chi connectivity index (χ0n) is 22.7. The summed E-state index contributed by atoms with van der Waals surface area (Å²) in [5.41, 5.74) is 2.82. The minimum absolute atomic E-state index is 0.0975. The van der Waals surface area contributed by atoms with Crippen molar-refractivity contribution in [3.63, 3.8) is 0 Å². The number of hydrogen-bond acceptors (Lipinski definition) is 6. The highest BCUT2D eigenvalue weighted by atomic mass is 19.1. The molecule has 0 aromatic heterocycles. The lowest BCUT2D eigenvalue weighted by atomic mass is 9.76. The Hall–Kier alpha value is -2.45. The molecule has 0 amide bonds. The van der Waals surface area contributed by atoms with Crippen LogP contribution in [0.1, 0.15) is 71.6 Å². The van der Waals surface area contributed by atoms with E-state index in [0.29, 0.717) is 19.3 Å². The first kappa shape index (κ1) is 30.1. The van der Waals surface area contributed by atoms with Gasteiger partial charge in [0.15, 0.2) is 6.29 Å². The summed E-state index contributed by atoms with van der Waals surface area (Å²) in [6.07, 6.45) is 23.5. The van der Waals surface area contributed by atoms with Crippen molar-refractivity contribution in [3.05, 3.63) is 72.4 Å². The third-order valence-electron chi connectivity index (χ3n) is 7.39. The maximum Gasteiger partial charge on any atom is 0.151 e. The Morgan fingerprint density at radius 1 is 1.18 bits per heavy atom. The molecule has 0 saturated heterocycles. The fourth-order valence-corrected chi connectivity index (χ4v) is 5.20. The fraction of sp³-hybridized carbons (Fsp3) is 0.548. The minimum Gasteiger partial charge on any atom is -0.378 e. The highest BCUT2D eigenvalue weighted by Gasteiger charge is 2.32. The van der Waals surface area contributed by atoms with Gasteiger partial charge >= 0.3 is 0 Å². The molecule has 5 atom stereocenters. The number of halogens is 1. The van der Waals surface area contributed by atoms with E-state index in [4.69, 9.17) is 9.98 Å². The van der Waals surface area contributed by atoms with E-state index in [-0.39, 0.29) is 36.0 Å². The van der Waals surface area contributed by atoms with Crippen LogP contribution < -0.4 is 5.32 Å². The van der Waals surface area contributed by atoms with Crippen molar-refractivity contribution in [1.29, 1.82) is 0 Å². The summed E-state index contributed by atoms with van der Waals surface area (Å²) in [6, 6.07) is 0.115. The van der Waals surface area contributed by atoms with Crippen molar-refractivity contribution < 1.29 is 19.7 Å². The van der Waals surface area contributed by atoms with Gasteiger partial charge in [-0.05, 0) is 75.9 Å². The second-order valence-electron chi connectivity index (χ2n) is 10.4. The standard InChI is InChI=1S/C31H44FN3O3/c1-3-4-19-34-30(23-10-6-5-7-11-23)28(14-9-15-29(36)37)33-20-18-22(2)31(38)35-27-13-8-12-24-21-25(32)16-17-26(24)27/h4-7,10,16,18-23,26-27,29,31,35-38H,3,8-9,11-15,17H2,1-2H3/b19-4+,20-18+,33-28?,34-30?. The smallest absolute Gasteiger partial charge is 0.151 e. The molecule has 0 aliphatic heterocycles. The Labute approximate surface area is 226 Å². The lowest BCUT2D eigenvalue weighted by Gasteiger charge is -2.37. The van der Waals surface area contributed by atoms with Crippen molar-refractivity contribution >= 4 is 11.4 Å². The lowest BCUT2D eigenvalue weighted by molar-refractivity contribution is -0.0458. The van der Waals surface area contributed by atoms with Crippen LogP contribution in [-0.2, 0) is 0 Å². The molecule has 0 radical (unpaired) electrons. The Kier molecular flexibility index (Phi) is 12.5. The van der Waals surface area contributed by atoms with Crippen molar-refractivity contribution in [2.24, 2.45) is 27.7 Å². The first-order chi connectivity index (χ1) is 18.4. The molecule has 0 aromatic rings. The van der Waals surface area contributed by atoms with Gasteiger partial charge in [-0.2, -0.15) is 0 Å². The van der Waals surface area contributed by atoms with Gasteiger partial charge in [0.1, 0.15) is 12.1 Å². The summed E-state index contributed by atoms with van der Waals surface area (Å²) >= 11 is 0. The molecule has 208 valence electrons. The maximum absolute atomic E-state index is 13.7. The van der Waals surface area contributed by atoms with Crippen molar-refractivity contribution in [2.45, 2.75) is 90.2 Å². The molecule has 0 bridgehead atoms. The predicted octanol–water partition coefficient (Wildman–Crippen LogP) is 5.82. The van der Waals surface area contributed by atoms with Crippen LogP contribution in [0.15, 0.2) is 82.4 Å². The molecule has 0 heterocycles. The molecule has 7 heteroatoms. The van der Waals surface area contributed by atoms with Crippen LogP contribution >= 0.6 is 0 Å². The van der Waals surface area contributed by atoms with Crippen LogP contribution in [0.5, 0.6) is 0 Å². The van der Waals surface area contributed by atoms with Gasteiger partial charge < -0.3 is 15.3 Å². The van der Waals surface area contributed by atoms with Crippen LogP contribution in [0.2, 0.25) is 0 Å². The van der Waals surface area contributed by atoms with E-state index in [0.717, 1.165) is 49.1 Å². The van der Waals surface area contributed by atoms with Crippen LogP contribution in [0.25, 0.3) is 0 Å². The molecule has 3 aliphatic carbocycles. The molecule has 3 aliphatic rings. The molecule has 0 spiro atoms. The van der Waals surface area contributed by atoms with Gasteiger partial charge in [-0.1, -0.05) is 55.9 Å². The third-order valence-corrected chi connectivity index (χ3v) is 7.39. The number of fused-ring (bicyclic) bond motifs is 1. The molecule has 1 saturated carbocycles. The predicted molar refractivity (Wildman–Crippen MR) is 153 cm³/mol. The van der Waals surface area contributed by atoms with Gasteiger partial charge in [-0.25, -0.2) is 4.39 Å². The largest absolute Gasteiger partial charge is 0.378 e. The maximum atomic E-state index is 13.7. The molecule has 4 N–H and O–H groups in total. The number of nitrogens with one attached hydrogen (secondary N) is 1. The highest BCUT2D eigenvalue weighted by Crippen LogP contribution is 2.37. The zero-order valence-corrected chi connectivity index (χ0v) is 22.7. The van der Waals surface area contributed by atoms with E-state index >= 15 is 0 Å². The number of nitrogens with zero attached hydrogens (tertiary/aromatic N) is 2. The second-order valence-corrected chi connectivity index (χ2v) is 10.4. The summed E-state index contributed by atoms with van der Waals surface area (Å²) < 4.78 is 13.7. The van der Waals surface area contributed by atoms with Gasteiger partial charge in [-0.15, -0.1) is 0 Å². The second kappa shape index (κ2) is 15.8. The number of hydrogen-bond donors (Lipinski definition) is 4. The average molecular weight is 526 g/mol. The first-order valence-corrected chi connectivity index (χ1v) is 14.0. The number of aliphatic hydroxyl groups is 3. The first-order valence-electron chi connectivity index (χ1n) is 14.0. The molecule has 1 fully saturated rings. The topological polar surface area (TPSA) is 97.4 Å². The van der Waals surface area contributed by atoms with Crippen LogP contribution in [0.3, 0.4) is 0 Å². The molecule has 38 heavy (non-hydrogen) atoms. The zero-order chi connectivity index (χ0) is 27.3. The van der Waals surface area contributed by atoms with Crippen molar-refractivity contribution in [2.75, 3.05) is 0 Å². The van der Waals surface area contributed by atoms with Crippen molar-refractivity contribution in [3.8, 4) is 0 Å². The number of aliphatic imine (C=N–C) groups is 2. The van der Waals surface area contributed by atoms with E-state index in [1.165, 1.54) is 0 Å². The van der Waals surface area contributed by atoms with Gasteiger partial charge in [0.05, 0.1) is 11.4 Å². The molecule has 0 aromatic carbocycles. The number of aliphatic hydroxyl groups excluding tert-OH is 2. The molecular weight excluding hydrogens is 481 g/mol. The van der Waals surface area contributed by atoms with Gasteiger partial charge in [0.25, 0.3) is 0 Å². The Morgan fingerprint density at radius 3 is 2.76 bits per heavy atom. The minimum atomic E-state index is -1.35. The average Bonchev–Trinajstić information content (AvgIpc) is 2.90. The van der Waals surface area contributed by atoms with Crippen LogP contribution in [0.4, 0.5) is 4.39 Å². The summed E-state index contributed by atoms with van der Waals surface area (Å²) in [4.78, 5) is 9.52. The molecule has 3 rings (SSSR count). The van der Waals surface area contributed by atoms with Gasteiger partial charge in [-0.3, -0.25) is 15.3 Å². The third kappa shape index (κ3) is 9.38. The van der Waals surface area contributed by atoms with E-state index in [9.17, 15) is 19.7 Å². The summed E-state index contributed by atoms with van der Waals surface area (Å²) in [5.74, 6) is -0.0143. The number of rotatable bonds is 13. The van der Waals surface area contributed by atoms with Crippen LogP contribution in [-0.4, -0.2) is 45.3 Å². The summed E-state index contributed by atoms with van der Waals surface area (Å²) in [7, 11) is 0. The Balaban J connectivity index is 1.71. The molecule has 6 nitrogen and oxygen atoms in total. The normalized spacial score (nSPS) is 26.1. The van der Waals surface area contributed by atoms with Crippen LogP contribution in [0, 0.1) is 17.8 Å². The fourth-order valence-electron chi connectivity index (χ4n) is 5.20. The summed E-state index contributed by atoms with van der Waals surface area (Å²) in [6.45, 7) is 4.00. The van der Waals surface area contributed by atoms with E-state index < -0.39 is 12.5 Å². The van der Waals surface area contributed by atoms with E-state index in [2.05, 4.69) is 24.4 Å². The quantitative estimate of drug-likeness (QED) is 0.180. The summed E-state index contributed by atoms with van der Waals surface area (Å²) in [5, 5.41) is 33.0. The molecular formula is C31H44FN3O3. The van der Waals surface area contributed by atoms with Gasteiger partial charge in [0, 0.05) is 30.3 Å². The van der Waals surface area contributed by atoms with Crippen molar-refractivity contribution in [1.82, 2.24) is 5.32 Å². The Morgan fingerprint density at radius 2 is 2.03 bits per heavy atom. The Bertz CT molecular complexity index is 1010. The number of allylic oxidation sites excluding steroid dienone is 8. The monoisotopic (exact) mass is 525 g/mol. The van der Waals surface area contributed by atoms with E-state index in [1.54, 1.807) is 18.4 Å². The van der Waals surface area contributed by atoms with Gasteiger partial charge in [0.2, 0.25) is 0 Å². The molecule has 5 unspecified atom stereocenters. The SMILES string of the molecule is CC/C=C/N=C(C(CCCC(O)O)=N/C=C/C(C)C(O)NC1CCCC2=CC(F)=CCC21)C1C=CC=CC1. The highest BCUT2D eigenvalue weighted by molar-refractivity contribution is 6.43. The lowest BCUT2D eigenvalue weighted by Crippen LogP contribution is -2.47.